The topological polar surface area (TPSA) is 58.2 Å². The molecule has 0 aliphatic carbocycles. The van der Waals surface area contributed by atoms with Gasteiger partial charge in [-0.25, -0.2) is 4.79 Å². The molecule has 0 saturated carbocycles. The summed E-state index contributed by atoms with van der Waals surface area (Å²) >= 11 is 2.18. The SMILES string of the molecule is O=C1NC(=O)C(c2ccc(I)cc2)N1. The Kier molecular flexibility index (Phi) is 2.40. The van der Waals surface area contributed by atoms with Crippen molar-refractivity contribution in [2.45, 2.75) is 6.04 Å². The number of carbonyl (C=O) groups is 2. The Morgan fingerprint density at radius 2 is 1.79 bits per heavy atom. The first kappa shape index (κ1) is 9.45. The predicted molar refractivity (Wildman–Crippen MR) is 58.6 cm³/mol. The molecule has 5 heteroatoms. The molecular formula is C9H7IN2O2. The summed E-state index contributed by atoms with van der Waals surface area (Å²) in [6.07, 6.45) is 0. The van der Waals surface area contributed by atoms with Crippen molar-refractivity contribution in [1.82, 2.24) is 10.6 Å². The maximum Gasteiger partial charge on any atom is 0.322 e. The molecule has 72 valence electrons. The Morgan fingerprint density at radius 3 is 2.29 bits per heavy atom. The molecule has 1 atom stereocenters. The van der Waals surface area contributed by atoms with Gasteiger partial charge in [0.05, 0.1) is 0 Å². The van der Waals surface area contributed by atoms with Crippen molar-refractivity contribution >= 4 is 34.5 Å². The number of hydrogen-bond acceptors (Lipinski definition) is 2. The fourth-order valence-corrected chi connectivity index (χ4v) is 1.67. The molecule has 0 spiro atoms. The van der Waals surface area contributed by atoms with Gasteiger partial charge in [0.1, 0.15) is 6.04 Å². The zero-order valence-electron chi connectivity index (χ0n) is 7.08. The van der Waals surface area contributed by atoms with Gasteiger partial charge >= 0.3 is 6.03 Å². The van der Waals surface area contributed by atoms with Crippen molar-refractivity contribution < 1.29 is 9.59 Å². The van der Waals surface area contributed by atoms with E-state index in [1.165, 1.54) is 0 Å². The first-order valence-corrected chi connectivity index (χ1v) is 5.11. The number of halogens is 1. The van der Waals surface area contributed by atoms with Crippen molar-refractivity contribution in [3.05, 3.63) is 33.4 Å². The van der Waals surface area contributed by atoms with Crippen molar-refractivity contribution in [2.24, 2.45) is 0 Å². The number of carbonyl (C=O) groups excluding carboxylic acids is 2. The summed E-state index contributed by atoms with van der Waals surface area (Å²) in [4.78, 5) is 22.1. The molecular weight excluding hydrogens is 295 g/mol. The quantitative estimate of drug-likeness (QED) is 0.604. The van der Waals surface area contributed by atoms with Crippen LogP contribution < -0.4 is 10.6 Å². The van der Waals surface area contributed by atoms with E-state index >= 15 is 0 Å². The number of urea groups is 1. The standard InChI is InChI=1S/C9H7IN2O2/c10-6-3-1-5(2-4-6)7-8(13)12-9(14)11-7/h1-4,7H,(H2,11,12,13,14). The van der Waals surface area contributed by atoms with Crippen LogP contribution in [0.5, 0.6) is 0 Å². The average molecular weight is 302 g/mol. The van der Waals surface area contributed by atoms with Gasteiger partial charge in [-0.05, 0) is 40.3 Å². The molecule has 3 amide bonds. The van der Waals surface area contributed by atoms with Crippen LogP contribution >= 0.6 is 22.6 Å². The third-order valence-electron chi connectivity index (χ3n) is 1.98. The molecule has 1 aliphatic heterocycles. The average Bonchev–Trinajstić information content (AvgIpc) is 2.47. The molecule has 4 nitrogen and oxygen atoms in total. The summed E-state index contributed by atoms with van der Waals surface area (Å²) in [6, 6.07) is 6.48. The maximum atomic E-state index is 11.3. The molecule has 1 aromatic carbocycles. The van der Waals surface area contributed by atoms with Crippen molar-refractivity contribution in [3.63, 3.8) is 0 Å². The Morgan fingerprint density at radius 1 is 1.14 bits per heavy atom. The summed E-state index contributed by atoms with van der Waals surface area (Å²) in [5.41, 5.74) is 0.800. The Bertz CT molecular complexity index is 388. The summed E-state index contributed by atoms with van der Waals surface area (Å²) < 4.78 is 1.09. The van der Waals surface area contributed by atoms with E-state index in [4.69, 9.17) is 0 Å². The fraction of sp³-hybridized carbons (Fsp3) is 0.111. The summed E-state index contributed by atoms with van der Waals surface area (Å²) in [5, 5.41) is 4.73. The second kappa shape index (κ2) is 3.56. The highest BCUT2D eigenvalue weighted by atomic mass is 127. The molecule has 1 heterocycles. The van der Waals surface area contributed by atoms with Crippen molar-refractivity contribution in [2.75, 3.05) is 0 Å². The van der Waals surface area contributed by atoms with Gasteiger partial charge in [-0.1, -0.05) is 12.1 Å². The zero-order valence-corrected chi connectivity index (χ0v) is 9.24. The lowest BCUT2D eigenvalue weighted by atomic mass is 10.1. The normalized spacial score (nSPS) is 20.5. The van der Waals surface area contributed by atoms with E-state index in [1.807, 2.05) is 24.3 Å². The van der Waals surface area contributed by atoms with Crippen LogP contribution in [0.1, 0.15) is 11.6 Å². The van der Waals surface area contributed by atoms with Crippen LogP contribution in [-0.2, 0) is 4.79 Å². The van der Waals surface area contributed by atoms with Gasteiger partial charge in [0.25, 0.3) is 5.91 Å². The largest absolute Gasteiger partial charge is 0.322 e. The van der Waals surface area contributed by atoms with Crippen molar-refractivity contribution in [1.29, 1.82) is 0 Å². The summed E-state index contributed by atoms with van der Waals surface area (Å²) in [5.74, 6) is -0.295. The Hall–Kier alpha value is -1.11. The van der Waals surface area contributed by atoms with Gasteiger partial charge in [-0.15, -0.1) is 0 Å². The van der Waals surface area contributed by atoms with E-state index in [0.29, 0.717) is 0 Å². The predicted octanol–water partition coefficient (Wildman–Crippen LogP) is 1.17. The van der Waals surface area contributed by atoms with Gasteiger partial charge < -0.3 is 5.32 Å². The van der Waals surface area contributed by atoms with Gasteiger partial charge in [0, 0.05) is 3.57 Å². The molecule has 2 N–H and O–H groups in total. The molecule has 1 aromatic rings. The number of amides is 3. The lowest BCUT2D eigenvalue weighted by Gasteiger charge is -2.06. The van der Waals surface area contributed by atoms with E-state index in [1.54, 1.807) is 0 Å². The monoisotopic (exact) mass is 302 g/mol. The van der Waals surface area contributed by atoms with Crippen LogP contribution in [0, 0.1) is 3.57 Å². The van der Waals surface area contributed by atoms with Crippen molar-refractivity contribution in [3.8, 4) is 0 Å². The number of hydrogen-bond donors (Lipinski definition) is 2. The highest BCUT2D eigenvalue weighted by Gasteiger charge is 2.30. The van der Waals surface area contributed by atoms with Gasteiger partial charge in [-0.3, -0.25) is 10.1 Å². The van der Waals surface area contributed by atoms with Gasteiger partial charge in [0.2, 0.25) is 0 Å². The smallest absolute Gasteiger partial charge is 0.322 e. The highest BCUT2D eigenvalue weighted by molar-refractivity contribution is 14.1. The first-order chi connectivity index (χ1) is 6.66. The molecule has 1 aliphatic rings. The van der Waals surface area contributed by atoms with E-state index < -0.39 is 12.1 Å². The fourth-order valence-electron chi connectivity index (χ4n) is 1.31. The van der Waals surface area contributed by atoms with Crippen LogP contribution in [-0.4, -0.2) is 11.9 Å². The zero-order chi connectivity index (χ0) is 10.1. The van der Waals surface area contributed by atoms with E-state index in [-0.39, 0.29) is 5.91 Å². The Labute approximate surface area is 94.2 Å². The number of rotatable bonds is 1. The molecule has 14 heavy (non-hydrogen) atoms. The summed E-state index contributed by atoms with van der Waals surface area (Å²) in [6.45, 7) is 0. The minimum atomic E-state index is -0.542. The molecule has 1 fully saturated rings. The third kappa shape index (κ3) is 1.72. The van der Waals surface area contributed by atoms with Crippen LogP contribution in [0.25, 0.3) is 0 Å². The Balaban J connectivity index is 2.27. The minimum Gasteiger partial charge on any atom is -0.322 e. The lowest BCUT2D eigenvalue weighted by Crippen LogP contribution is -2.22. The summed E-state index contributed by atoms with van der Waals surface area (Å²) in [7, 11) is 0. The second-order valence-corrected chi connectivity index (χ2v) is 4.19. The molecule has 0 aromatic heterocycles. The van der Waals surface area contributed by atoms with Crippen LogP contribution in [0.2, 0.25) is 0 Å². The minimum absolute atomic E-state index is 0.295. The van der Waals surface area contributed by atoms with Crippen LogP contribution in [0.15, 0.2) is 24.3 Å². The highest BCUT2D eigenvalue weighted by Crippen LogP contribution is 2.17. The molecule has 2 rings (SSSR count). The number of imide groups is 1. The van der Waals surface area contributed by atoms with E-state index in [2.05, 4.69) is 33.2 Å². The maximum absolute atomic E-state index is 11.3. The number of nitrogens with one attached hydrogen (secondary N) is 2. The van der Waals surface area contributed by atoms with Gasteiger partial charge in [0.15, 0.2) is 0 Å². The first-order valence-electron chi connectivity index (χ1n) is 4.03. The third-order valence-corrected chi connectivity index (χ3v) is 2.70. The van der Waals surface area contributed by atoms with Gasteiger partial charge in [-0.2, -0.15) is 0 Å². The van der Waals surface area contributed by atoms with E-state index in [9.17, 15) is 9.59 Å². The lowest BCUT2D eigenvalue weighted by molar-refractivity contribution is -0.120. The van der Waals surface area contributed by atoms with Crippen LogP contribution in [0.3, 0.4) is 0 Å². The molecule has 0 bridgehead atoms. The van der Waals surface area contributed by atoms with Crippen LogP contribution in [0.4, 0.5) is 4.79 Å². The molecule has 0 radical (unpaired) electrons. The molecule has 1 saturated heterocycles. The number of benzene rings is 1. The van der Waals surface area contributed by atoms with E-state index in [0.717, 1.165) is 9.13 Å². The molecule has 1 unspecified atom stereocenters. The second-order valence-electron chi connectivity index (χ2n) is 2.95.